The molecule has 3 N–H and O–H groups in total. The molecule has 0 atom stereocenters. The number of pyridine rings is 1. The topological polar surface area (TPSA) is 90.7 Å². The van der Waals surface area contributed by atoms with E-state index >= 15 is 0 Å². The SMILES string of the molecule is Cc1c(C(=O)O)nc2c(O)cc(Cc3ccccc3)cc2c1O. The normalized spacial score (nSPS) is 10.8. The first-order valence-corrected chi connectivity index (χ1v) is 7.09. The lowest BCUT2D eigenvalue weighted by atomic mass is 10.0. The van der Waals surface area contributed by atoms with Gasteiger partial charge in [-0.25, -0.2) is 9.78 Å². The molecule has 0 bridgehead atoms. The van der Waals surface area contributed by atoms with Crippen LogP contribution in [-0.4, -0.2) is 26.3 Å². The number of rotatable bonds is 3. The number of hydrogen-bond donors (Lipinski definition) is 3. The summed E-state index contributed by atoms with van der Waals surface area (Å²) < 4.78 is 0. The van der Waals surface area contributed by atoms with Gasteiger partial charge in [0.25, 0.3) is 0 Å². The molecular weight excluding hydrogens is 294 g/mol. The average molecular weight is 309 g/mol. The lowest BCUT2D eigenvalue weighted by Crippen LogP contribution is -2.04. The van der Waals surface area contributed by atoms with Crippen LogP contribution >= 0.6 is 0 Å². The zero-order valence-electron chi connectivity index (χ0n) is 12.4. The fourth-order valence-corrected chi connectivity index (χ4v) is 2.63. The number of aromatic hydroxyl groups is 2. The number of hydrogen-bond acceptors (Lipinski definition) is 4. The van der Waals surface area contributed by atoms with Crippen LogP contribution in [0.15, 0.2) is 42.5 Å². The van der Waals surface area contributed by atoms with Crippen molar-refractivity contribution in [3.8, 4) is 11.5 Å². The number of benzene rings is 2. The molecular formula is C18H15NO4. The first kappa shape index (κ1) is 14.8. The number of carbonyl (C=O) groups is 1. The summed E-state index contributed by atoms with van der Waals surface area (Å²) in [7, 11) is 0. The average Bonchev–Trinajstić information content (AvgIpc) is 2.52. The van der Waals surface area contributed by atoms with Crippen molar-refractivity contribution in [2.45, 2.75) is 13.3 Å². The van der Waals surface area contributed by atoms with Crippen molar-refractivity contribution < 1.29 is 20.1 Å². The summed E-state index contributed by atoms with van der Waals surface area (Å²) >= 11 is 0. The van der Waals surface area contributed by atoms with Crippen molar-refractivity contribution in [2.24, 2.45) is 0 Å². The minimum Gasteiger partial charge on any atom is -0.507 e. The molecule has 0 aliphatic heterocycles. The van der Waals surface area contributed by atoms with Gasteiger partial charge in [-0.3, -0.25) is 0 Å². The van der Waals surface area contributed by atoms with E-state index < -0.39 is 5.97 Å². The van der Waals surface area contributed by atoms with Gasteiger partial charge in [0.1, 0.15) is 17.0 Å². The van der Waals surface area contributed by atoms with Gasteiger partial charge in [0.05, 0.1) is 0 Å². The fraction of sp³-hybridized carbons (Fsp3) is 0.111. The second-order valence-corrected chi connectivity index (χ2v) is 5.41. The Kier molecular flexibility index (Phi) is 3.62. The zero-order chi connectivity index (χ0) is 16.6. The van der Waals surface area contributed by atoms with E-state index in [0.29, 0.717) is 11.8 Å². The summed E-state index contributed by atoms with van der Waals surface area (Å²) in [4.78, 5) is 15.2. The Balaban J connectivity index is 2.16. The van der Waals surface area contributed by atoms with Crippen molar-refractivity contribution in [3.05, 3.63) is 64.8 Å². The highest BCUT2D eigenvalue weighted by atomic mass is 16.4. The van der Waals surface area contributed by atoms with Gasteiger partial charge in [-0.2, -0.15) is 0 Å². The summed E-state index contributed by atoms with van der Waals surface area (Å²) in [6.45, 7) is 1.49. The molecule has 116 valence electrons. The van der Waals surface area contributed by atoms with E-state index in [1.807, 2.05) is 30.3 Å². The number of carboxylic acids is 1. The largest absolute Gasteiger partial charge is 0.507 e. The Labute approximate surface area is 132 Å². The summed E-state index contributed by atoms with van der Waals surface area (Å²) in [6, 6.07) is 13.0. The van der Waals surface area contributed by atoms with E-state index in [-0.39, 0.29) is 28.3 Å². The monoisotopic (exact) mass is 309 g/mol. The van der Waals surface area contributed by atoms with Crippen LogP contribution in [0.5, 0.6) is 11.5 Å². The molecule has 0 aliphatic carbocycles. The lowest BCUT2D eigenvalue weighted by molar-refractivity contribution is 0.0689. The van der Waals surface area contributed by atoms with Crippen LogP contribution in [0.1, 0.15) is 27.2 Å². The number of nitrogens with zero attached hydrogens (tertiary/aromatic N) is 1. The molecule has 0 saturated carbocycles. The van der Waals surface area contributed by atoms with Crippen LogP contribution in [0.3, 0.4) is 0 Å². The molecule has 5 nitrogen and oxygen atoms in total. The van der Waals surface area contributed by atoms with Gasteiger partial charge in [-0.1, -0.05) is 30.3 Å². The molecule has 0 spiro atoms. The maximum Gasteiger partial charge on any atom is 0.354 e. The molecule has 5 heteroatoms. The number of fused-ring (bicyclic) bond motifs is 1. The van der Waals surface area contributed by atoms with E-state index in [0.717, 1.165) is 11.1 Å². The molecule has 1 aromatic heterocycles. The zero-order valence-corrected chi connectivity index (χ0v) is 12.4. The Morgan fingerprint density at radius 3 is 2.43 bits per heavy atom. The maximum atomic E-state index is 11.2. The highest BCUT2D eigenvalue weighted by Crippen LogP contribution is 2.35. The van der Waals surface area contributed by atoms with Crippen LogP contribution in [-0.2, 0) is 6.42 Å². The van der Waals surface area contributed by atoms with E-state index in [1.54, 1.807) is 12.1 Å². The molecule has 3 rings (SSSR count). The summed E-state index contributed by atoms with van der Waals surface area (Å²) in [6.07, 6.45) is 0.587. The van der Waals surface area contributed by atoms with Crippen LogP contribution in [0.2, 0.25) is 0 Å². The highest BCUT2D eigenvalue weighted by molar-refractivity contribution is 5.97. The Morgan fingerprint density at radius 1 is 1.09 bits per heavy atom. The summed E-state index contributed by atoms with van der Waals surface area (Å²) in [5.74, 6) is -1.56. The van der Waals surface area contributed by atoms with Crippen molar-refractivity contribution in [3.63, 3.8) is 0 Å². The van der Waals surface area contributed by atoms with E-state index in [9.17, 15) is 15.0 Å². The molecule has 0 amide bonds. The molecule has 0 unspecified atom stereocenters. The van der Waals surface area contributed by atoms with E-state index in [2.05, 4.69) is 4.98 Å². The summed E-state index contributed by atoms with van der Waals surface area (Å²) in [5.41, 5.74) is 1.88. The molecule has 0 radical (unpaired) electrons. The van der Waals surface area contributed by atoms with Gasteiger partial charge < -0.3 is 15.3 Å². The molecule has 0 saturated heterocycles. The number of carboxylic acid groups (broad SMARTS) is 1. The van der Waals surface area contributed by atoms with Crippen LogP contribution < -0.4 is 0 Å². The Bertz CT molecular complexity index is 904. The van der Waals surface area contributed by atoms with Crippen molar-refractivity contribution in [1.82, 2.24) is 4.98 Å². The minimum absolute atomic E-state index is 0.0855. The number of aromatic carboxylic acids is 1. The molecule has 0 aliphatic rings. The predicted octanol–water partition coefficient (Wildman–Crippen LogP) is 3.24. The van der Waals surface area contributed by atoms with Crippen molar-refractivity contribution in [2.75, 3.05) is 0 Å². The van der Waals surface area contributed by atoms with Gasteiger partial charge in [0.2, 0.25) is 0 Å². The quantitative estimate of drug-likeness (QED) is 0.691. The number of phenols is 1. The number of phenolic OH excluding ortho intramolecular Hbond substituents is 1. The first-order valence-electron chi connectivity index (χ1n) is 7.09. The Morgan fingerprint density at radius 2 is 1.78 bits per heavy atom. The second-order valence-electron chi connectivity index (χ2n) is 5.41. The molecule has 23 heavy (non-hydrogen) atoms. The van der Waals surface area contributed by atoms with Crippen molar-refractivity contribution >= 4 is 16.9 Å². The predicted molar refractivity (Wildman–Crippen MR) is 86.0 cm³/mol. The molecule has 0 fully saturated rings. The van der Waals surface area contributed by atoms with Gasteiger partial charge in [0.15, 0.2) is 5.69 Å². The third kappa shape index (κ3) is 2.68. The third-order valence-electron chi connectivity index (χ3n) is 3.79. The first-order chi connectivity index (χ1) is 11.0. The van der Waals surface area contributed by atoms with E-state index in [1.165, 1.54) is 6.92 Å². The molecule has 2 aromatic carbocycles. The Hall–Kier alpha value is -3.08. The fourth-order valence-electron chi connectivity index (χ4n) is 2.63. The minimum atomic E-state index is -1.24. The van der Waals surface area contributed by atoms with Crippen LogP contribution in [0.25, 0.3) is 10.9 Å². The van der Waals surface area contributed by atoms with E-state index in [4.69, 9.17) is 5.11 Å². The van der Waals surface area contributed by atoms with Gasteiger partial charge in [0, 0.05) is 10.9 Å². The molecule has 1 heterocycles. The van der Waals surface area contributed by atoms with Gasteiger partial charge in [-0.05, 0) is 36.6 Å². The van der Waals surface area contributed by atoms with Crippen molar-refractivity contribution in [1.29, 1.82) is 0 Å². The summed E-state index contributed by atoms with van der Waals surface area (Å²) in [5, 5.41) is 30.0. The number of aromatic nitrogens is 1. The third-order valence-corrected chi connectivity index (χ3v) is 3.79. The lowest BCUT2D eigenvalue weighted by Gasteiger charge is -2.11. The molecule has 3 aromatic rings. The van der Waals surface area contributed by atoms with Gasteiger partial charge >= 0.3 is 5.97 Å². The standard InChI is InChI=1S/C18H15NO4/c1-10-15(18(22)23)19-16-13(17(10)21)8-12(9-14(16)20)7-11-5-3-2-4-6-11/h2-6,8-9,20H,7H2,1H3,(H,19,21)(H,22,23). The van der Waals surface area contributed by atoms with Crippen LogP contribution in [0.4, 0.5) is 0 Å². The van der Waals surface area contributed by atoms with Crippen LogP contribution in [0, 0.1) is 6.92 Å². The van der Waals surface area contributed by atoms with Gasteiger partial charge in [-0.15, -0.1) is 0 Å². The maximum absolute atomic E-state index is 11.2. The second kappa shape index (κ2) is 5.61. The smallest absolute Gasteiger partial charge is 0.354 e. The highest BCUT2D eigenvalue weighted by Gasteiger charge is 2.18.